The second-order valence-corrected chi connectivity index (χ2v) is 28.7. The first kappa shape index (κ1) is 85.1. The van der Waals surface area contributed by atoms with Gasteiger partial charge in [0, 0.05) is 25.7 Å². The lowest BCUT2D eigenvalue weighted by molar-refractivity contribution is -0.161. The van der Waals surface area contributed by atoms with E-state index in [1.807, 2.05) is 0 Å². The number of carbonyl (C=O) groups is 4. The molecular formula is C68H132O17P2. The number of unbranched alkanes of at least 4 members (excludes halogenated alkanes) is 33. The van der Waals surface area contributed by atoms with Gasteiger partial charge in [-0.25, -0.2) is 9.13 Å². The standard InChI is InChI=1S/C68H132O17P2/c1-8-10-11-12-13-14-15-20-23-26-35-42-49-65(70)78-55-63(84-67(72)51-44-37-27-24-21-18-16-17-19-22-25-32-39-46-59(3)4)57-82-86(74,75)80-53-62(69)54-81-87(76,77)83-58-64(56-79-66(71)50-43-36-30-28-33-40-47-60(5)6)85-68(73)52-45-38-31-29-34-41-48-61(7)9-2/h59-64,69H,8-58H2,1-7H3,(H,74,75)(H,76,77)/t61?,62-,63-,64-/m1/s1. The first-order valence-corrected chi connectivity index (χ1v) is 38.4. The number of hydrogen-bond acceptors (Lipinski definition) is 15. The van der Waals surface area contributed by atoms with Crippen LogP contribution in [0.1, 0.15) is 337 Å². The van der Waals surface area contributed by atoms with E-state index >= 15 is 0 Å². The lowest BCUT2D eigenvalue weighted by Crippen LogP contribution is -2.30. The molecule has 3 N–H and O–H groups in total. The van der Waals surface area contributed by atoms with Crippen LogP contribution in [0.4, 0.5) is 0 Å². The van der Waals surface area contributed by atoms with Gasteiger partial charge < -0.3 is 33.8 Å². The average Bonchev–Trinajstić information content (AvgIpc) is 3.62. The summed E-state index contributed by atoms with van der Waals surface area (Å²) in [5.41, 5.74) is 0. The van der Waals surface area contributed by atoms with Gasteiger partial charge in [0.15, 0.2) is 12.2 Å². The minimum absolute atomic E-state index is 0.102. The second kappa shape index (κ2) is 59.1. The number of phosphoric ester groups is 2. The van der Waals surface area contributed by atoms with E-state index in [1.54, 1.807) is 0 Å². The Morgan fingerprint density at radius 1 is 0.333 bits per heavy atom. The van der Waals surface area contributed by atoms with Crippen LogP contribution in [0.25, 0.3) is 0 Å². The van der Waals surface area contributed by atoms with Gasteiger partial charge in [-0.3, -0.25) is 37.3 Å². The molecule has 17 nitrogen and oxygen atoms in total. The van der Waals surface area contributed by atoms with Crippen LogP contribution < -0.4 is 0 Å². The molecule has 0 saturated heterocycles. The summed E-state index contributed by atoms with van der Waals surface area (Å²) in [5, 5.41) is 10.6. The quantitative estimate of drug-likeness (QED) is 0.0222. The van der Waals surface area contributed by atoms with Crippen molar-refractivity contribution in [2.75, 3.05) is 39.6 Å². The molecule has 0 fully saturated rings. The summed E-state index contributed by atoms with van der Waals surface area (Å²) in [5.74, 6) is 0.0532. The molecule has 0 aliphatic heterocycles. The molecule has 6 atom stereocenters. The van der Waals surface area contributed by atoms with Crippen molar-refractivity contribution >= 4 is 39.5 Å². The molecule has 0 aliphatic carbocycles. The van der Waals surface area contributed by atoms with Crippen LogP contribution in [0.5, 0.6) is 0 Å². The molecular weight excluding hydrogens is 1150 g/mol. The largest absolute Gasteiger partial charge is 0.472 e. The van der Waals surface area contributed by atoms with Gasteiger partial charge in [0.1, 0.15) is 19.3 Å². The monoisotopic (exact) mass is 1280 g/mol. The van der Waals surface area contributed by atoms with Crippen LogP contribution in [-0.2, 0) is 65.4 Å². The summed E-state index contributed by atoms with van der Waals surface area (Å²) < 4.78 is 68.1. The highest BCUT2D eigenvalue weighted by molar-refractivity contribution is 7.47. The SMILES string of the molecule is CCCCCCCCCCCCCCC(=O)OC[C@H](COP(=O)(O)OC[C@@H](O)COP(=O)(O)OC[C@@H](COC(=O)CCCCCCCCC(C)C)OC(=O)CCCCCCCCC(C)CC)OC(=O)CCCCCCCCCCCCCCCC(C)C. The highest BCUT2D eigenvalue weighted by Gasteiger charge is 2.30. The number of esters is 4. The Morgan fingerprint density at radius 3 is 0.874 bits per heavy atom. The Kier molecular flexibility index (Phi) is 57.8. The van der Waals surface area contributed by atoms with Crippen molar-refractivity contribution < 1.29 is 80.2 Å². The van der Waals surface area contributed by atoms with Crippen molar-refractivity contribution in [3.8, 4) is 0 Å². The lowest BCUT2D eigenvalue weighted by atomic mass is 10.00. The van der Waals surface area contributed by atoms with Crippen LogP contribution in [0.15, 0.2) is 0 Å². The third-order valence-corrected chi connectivity index (χ3v) is 17.9. The van der Waals surface area contributed by atoms with Crippen LogP contribution in [0.3, 0.4) is 0 Å². The summed E-state index contributed by atoms with van der Waals surface area (Å²) >= 11 is 0. The number of ether oxygens (including phenoxy) is 4. The van der Waals surface area contributed by atoms with Gasteiger partial charge in [0.25, 0.3) is 0 Å². The van der Waals surface area contributed by atoms with E-state index in [0.29, 0.717) is 31.6 Å². The summed E-state index contributed by atoms with van der Waals surface area (Å²) in [6.45, 7) is 11.7. The summed E-state index contributed by atoms with van der Waals surface area (Å²) in [4.78, 5) is 72.4. The molecule has 87 heavy (non-hydrogen) atoms. The molecule has 19 heteroatoms. The maximum absolute atomic E-state index is 13.0. The lowest BCUT2D eigenvalue weighted by Gasteiger charge is -2.21. The zero-order valence-corrected chi connectivity index (χ0v) is 58.3. The number of aliphatic hydroxyl groups is 1. The van der Waals surface area contributed by atoms with Crippen LogP contribution in [0.2, 0.25) is 0 Å². The maximum Gasteiger partial charge on any atom is 0.472 e. The zero-order valence-electron chi connectivity index (χ0n) is 56.5. The third kappa shape index (κ3) is 61.3. The first-order chi connectivity index (χ1) is 41.8. The Labute approximate surface area is 530 Å². The number of aliphatic hydroxyl groups excluding tert-OH is 1. The van der Waals surface area contributed by atoms with Crippen LogP contribution >= 0.6 is 15.6 Å². The number of rotatable bonds is 66. The Balaban J connectivity index is 5.24. The number of hydrogen-bond donors (Lipinski definition) is 3. The van der Waals surface area contributed by atoms with Gasteiger partial charge in [-0.1, -0.05) is 286 Å². The Hall–Kier alpha value is -1.94. The van der Waals surface area contributed by atoms with Crippen molar-refractivity contribution in [1.82, 2.24) is 0 Å². The van der Waals surface area contributed by atoms with E-state index in [0.717, 1.165) is 108 Å². The van der Waals surface area contributed by atoms with Crippen molar-refractivity contribution in [3.05, 3.63) is 0 Å². The fourth-order valence-corrected chi connectivity index (χ4v) is 11.7. The molecule has 516 valence electrons. The van der Waals surface area contributed by atoms with Crippen LogP contribution in [-0.4, -0.2) is 96.7 Å². The molecule has 0 aromatic heterocycles. The number of phosphoric acid groups is 2. The fourth-order valence-electron chi connectivity index (χ4n) is 10.2. The minimum atomic E-state index is -4.95. The first-order valence-electron chi connectivity index (χ1n) is 35.4. The van der Waals surface area contributed by atoms with Gasteiger partial charge in [0.2, 0.25) is 0 Å². The summed E-state index contributed by atoms with van der Waals surface area (Å²) in [7, 11) is -9.90. The van der Waals surface area contributed by atoms with E-state index in [9.17, 15) is 43.2 Å². The number of carbonyl (C=O) groups excluding carboxylic acids is 4. The van der Waals surface area contributed by atoms with E-state index in [4.69, 9.17) is 37.0 Å². The molecule has 0 spiro atoms. The molecule has 0 rings (SSSR count). The van der Waals surface area contributed by atoms with Crippen molar-refractivity contribution in [2.24, 2.45) is 17.8 Å². The average molecular weight is 1280 g/mol. The predicted octanol–water partition coefficient (Wildman–Crippen LogP) is 19.1. The normalized spacial score (nSPS) is 14.6. The Bertz CT molecular complexity index is 1720. The molecule has 0 bridgehead atoms. The van der Waals surface area contributed by atoms with Gasteiger partial charge in [-0.15, -0.1) is 0 Å². The smallest absolute Gasteiger partial charge is 0.462 e. The molecule has 0 heterocycles. The molecule has 0 aromatic carbocycles. The van der Waals surface area contributed by atoms with Gasteiger partial charge >= 0.3 is 39.5 Å². The fraction of sp³-hybridized carbons (Fsp3) is 0.941. The predicted molar refractivity (Wildman–Crippen MR) is 349 cm³/mol. The highest BCUT2D eigenvalue weighted by atomic mass is 31.2. The van der Waals surface area contributed by atoms with E-state index < -0.39 is 97.5 Å². The van der Waals surface area contributed by atoms with Gasteiger partial charge in [-0.2, -0.15) is 0 Å². The molecule has 0 aliphatic rings. The summed E-state index contributed by atoms with van der Waals surface area (Å²) in [6, 6.07) is 0. The van der Waals surface area contributed by atoms with Crippen molar-refractivity contribution in [3.63, 3.8) is 0 Å². The second-order valence-electron chi connectivity index (χ2n) is 25.8. The van der Waals surface area contributed by atoms with Crippen molar-refractivity contribution in [2.45, 2.75) is 356 Å². The third-order valence-electron chi connectivity index (χ3n) is 16.0. The Morgan fingerprint density at radius 2 is 0.586 bits per heavy atom. The van der Waals surface area contributed by atoms with Crippen molar-refractivity contribution in [1.29, 1.82) is 0 Å². The highest BCUT2D eigenvalue weighted by Crippen LogP contribution is 2.45. The summed E-state index contributed by atoms with van der Waals surface area (Å²) in [6.07, 6.45) is 41.8. The van der Waals surface area contributed by atoms with Crippen LogP contribution in [0, 0.1) is 17.8 Å². The van der Waals surface area contributed by atoms with Gasteiger partial charge in [-0.05, 0) is 43.4 Å². The zero-order chi connectivity index (χ0) is 64.5. The molecule has 0 radical (unpaired) electrons. The van der Waals surface area contributed by atoms with E-state index in [1.165, 1.54) is 141 Å². The molecule has 0 aromatic rings. The minimum Gasteiger partial charge on any atom is -0.462 e. The van der Waals surface area contributed by atoms with E-state index in [-0.39, 0.29) is 25.7 Å². The molecule has 0 amide bonds. The topological polar surface area (TPSA) is 237 Å². The maximum atomic E-state index is 13.0. The van der Waals surface area contributed by atoms with Gasteiger partial charge in [0.05, 0.1) is 26.4 Å². The molecule has 0 saturated carbocycles. The molecule has 3 unspecified atom stereocenters. The van der Waals surface area contributed by atoms with E-state index in [2.05, 4.69) is 48.5 Å².